The molecule has 3 aromatic rings. The number of carboxylic acids is 1. The van der Waals surface area contributed by atoms with Crippen LogP contribution >= 0.6 is 0 Å². The van der Waals surface area contributed by atoms with Gasteiger partial charge in [0.25, 0.3) is 5.91 Å². The molecule has 2 heterocycles. The summed E-state index contributed by atoms with van der Waals surface area (Å²) in [7, 11) is 0. The molecule has 0 aliphatic rings. The molecule has 0 spiro atoms. The number of rotatable bonds is 10. The number of benzene rings is 1. The first-order valence-corrected chi connectivity index (χ1v) is 10.5. The highest BCUT2D eigenvalue weighted by Gasteiger charge is 2.24. The number of nitrogens with zero attached hydrogens (tertiary/aromatic N) is 2. The zero-order valence-corrected chi connectivity index (χ0v) is 18.6. The van der Waals surface area contributed by atoms with E-state index in [0.717, 1.165) is 0 Å². The highest BCUT2D eigenvalue weighted by atomic mass is 16.5. The van der Waals surface area contributed by atoms with Gasteiger partial charge in [-0.2, -0.15) is 0 Å². The first-order valence-electron chi connectivity index (χ1n) is 10.5. The Balaban J connectivity index is 1.86. The maximum absolute atomic E-state index is 12.8. The van der Waals surface area contributed by atoms with E-state index in [1.54, 1.807) is 37.3 Å². The Bertz CT molecular complexity index is 1140. The highest BCUT2D eigenvalue weighted by molar-refractivity contribution is 5.94. The van der Waals surface area contributed by atoms with E-state index in [9.17, 15) is 9.59 Å². The van der Waals surface area contributed by atoms with Crippen LogP contribution in [0.1, 0.15) is 59.2 Å². The number of carboxylic acid groups (broad SMARTS) is 1. The average Bonchev–Trinajstić information content (AvgIpc) is 3.25. The lowest BCUT2D eigenvalue weighted by atomic mass is 10.2. The third-order valence-electron chi connectivity index (χ3n) is 4.53. The van der Waals surface area contributed by atoms with Gasteiger partial charge >= 0.3 is 5.97 Å². The van der Waals surface area contributed by atoms with Crippen LogP contribution in [-0.2, 0) is 6.54 Å². The fourth-order valence-corrected chi connectivity index (χ4v) is 3.06. The molecule has 10 heteroatoms. The SMILES string of the molecule is CCOc1ccc(-c2nc(C(=O)NCc3cccc(C(=O)O)n3)c(C(C)N)o2)cc1OCC. The number of amides is 1. The number of carbonyl (C=O) groups is 2. The van der Waals surface area contributed by atoms with Crippen LogP contribution in [-0.4, -0.2) is 40.2 Å². The molecular formula is C23H26N4O6. The highest BCUT2D eigenvalue weighted by Crippen LogP contribution is 2.34. The van der Waals surface area contributed by atoms with E-state index >= 15 is 0 Å². The molecule has 0 fully saturated rings. The van der Waals surface area contributed by atoms with Crippen LogP contribution in [0.4, 0.5) is 0 Å². The fraction of sp³-hybridized carbons (Fsp3) is 0.304. The van der Waals surface area contributed by atoms with Gasteiger partial charge in [-0.3, -0.25) is 4.79 Å². The van der Waals surface area contributed by atoms with Crippen LogP contribution in [0, 0.1) is 0 Å². The van der Waals surface area contributed by atoms with Gasteiger partial charge in [-0.15, -0.1) is 0 Å². The van der Waals surface area contributed by atoms with Gasteiger partial charge in [0.1, 0.15) is 5.69 Å². The van der Waals surface area contributed by atoms with E-state index in [1.807, 2.05) is 13.8 Å². The molecule has 0 saturated heterocycles. The lowest BCUT2D eigenvalue weighted by molar-refractivity contribution is 0.0690. The molecule has 0 bridgehead atoms. The minimum Gasteiger partial charge on any atom is -0.490 e. The number of pyridine rings is 1. The van der Waals surface area contributed by atoms with Crippen molar-refractivity contribution >= 4 is 11.9 Å². The number of hydrogen-bond donors (Lipinski definition) is 3. The Morgan fingerprint density at radius 1 is 1.12 bits per heavy atom. The Kier molecular flexibility index (Phi) is 7.62. The monoisotopic (exact) mass is 454 g/mol. The van der Waals surface area contributed by atoms with Crippen molar-refractivity contribution in [3.63, 3.8) is 0 Å². The molecule has 1 unspecified atom stereocenters. The van der Waals surface area contributed by atoms with Gasteiger partial charge < -0.3 is 30.0 Å². The van der Waals surface area contributed by atoms with Gasteiger partial charge in [0, 0.05) is 5.56 Å². The van der Waals surface area contributed by atoms with E-state index in [-0.39, 0.29) is 29.6 Å². The van der Waals surface area contributed by atoms with Crippen LogP contribution in [0.25, 0.3) is 11.5 Å². The van der Waals surface area contributed by atoms with E-state index in [4.69, 9.17) is 24.7 Å². The van der Waals surface area contributed by atoms with Crippen molar-refractivity contribution < 1.29 is 28.6 Å². The van der Waals surface area contributed by atoms with E-state index < -0.39 is 17.9 Å². The molecule has 174 valence electrons. The fourth-order valence-electron chi connectivity index (χ4n) is 3.06. The summed E-state index contributed by atoms with van der Waals surface area (Å²) in [6.45, 7) is 6.38. The predicted molar refractivity (Wildman–Crippen MR) is 119 cm³/mol. The number of aromatic carboxylic acids is 1. The Morgan fingerprint density at radius 3 is 2.52 bits per heavy atom. The number of aromatic nitrogens is 2. The number of oxazole rings is 1. The molecule has 4 N–H and O–H groups in total. The summed E-state index contributed by atoms with van der Waals surface area (Å²) in [5.74, 6) is -0.103. The topological polar surface area (TPSA) is 150 Å². The minimum absolute atomic E-state index is 0.0120. The summed E-state index contributed by atoms with van der Waals surface area (Å²) >= 11 is 0. The van der Waals surface area contributed by atoms with Crippen molar-refractivity contribution in [2.75, 3.05) is 13.2 Å². The molecule has 3 rings (SSSR count). The lowest BCUT2D eigenvalue weighted by Crippen LogP contribution is -2.26. The first kappa shape index (κ1) is 23.7. The summed E-state index contributed by atoms with van der Waals surface area (Å²) in [6.07, 6.45) is 0. The Hall–Kier alpha value is -3.92. The van der Waals surface area contributed by atoms with Gasteiger partial charge in [-0.05, 0) is 51.1 Å². The standard InChI is InChI=1S/C23H26N4O6/c1-4-31-17-10-9-14(11-18(17)32-5-2)22-27-19(20(33-22)13(3)24)21(28)25-12-15-7-6-8-16(26-15)23(29)30/h6-11,13H,4-5,12,24H2,1-3H3,(H,25,28)(H,29,30). The third kappa shape index (κ3) is 5.66. The predicted octanol–water partition coefficient (Wildman–Crippen LogP) is 3.18. The summed E-state index contributed by atoms with van der Waals surface area (Å²) < 4.78 is 17.1. The summed E-state index contributed by atoms with van der Waals surface area (Å²) in [5, 5.41) is 11.8. The molecule has 2 aromatic heterocycles. The van der Waals surface area contributed by atoms with Crippen LogP contribution in [0.5, 0.6) is 11.5 Å². The van der Waals surface area contributed by atoms with Crippen LogP contribution < -0.4 is 20.5 Å². The number of nitrogens with two attached hydrogens (primary N) is 1. The first-order chi connectivity index (χ1) is 15.8. The van der Waals surface area contributed by atoms with E-state index in [2.05, 4.69) is 15.3 Å². The van der Waals surface area contributed by atoms with Gasteiger partial charge in [0.15, 0.2) is 23.0 Å². The number of ether oxygens (including phenoxy) is 2. The second kappa shape index (κ2) is 10.6. The van der Waals surface area contributed by atoms with Crippen molar-refractivity contribution in [3.8, 4) is 23.0 Å². The normalized spacial score (nSPS) is 11.6. The zero-order valence-electron chi connectivity index (χ0n) is 18.6. The molecular weight excluding hydrogens is 428 g/mol. The summed E-state index contributed by atoms with van der Waals surface area (Å²) in [6, 6.07) is 9.19. The molecule has 0 saturated carbocycles. The minimum atomic E-state index is -1.15. The van der Waals surface area contributed by atoms with Crippen molar-refractivity contribution in [2.24, 2.45) is 5.73 Å². The van der Waals surface area contributed by atoms with E-state index in [1.165, 1.54) is 6.07 Å². The molecule has 33 heavy (non-hydrogen) atoms. The number of carbonyl (C=O) groups excluding carboxylic acids is 1. The van der Waals surface area contributed by atoms with Crippen molar-refractivity contribution in [2.45, 2.75) is 33.4 Å². The number of hydrogen-bond acceptors (Lipinski definition) is 8. The number of nitrogens with one attached hydrogen (secondary N) is 1. The van der Waals surface area contributed by atoms with Gasteiger partial charge in [0.2, 0.25) is 5.89 Å². The van der Waals surface area contributed by atoms with Crippen molar-refractivity contribution in [1.82, 2.24) is 15.3 Å². The molecule has 0 radical (unpaired) electrons. The second-order valence-corrected chi connectivity index (χ2v) is 7.05. The smallest absolute Gasteiger partial charge is 0.354 e. The zero-order chi connectivity index (χ0) is 24.0. The maximum Gasteiger partial charge on any atom is 0.354 e. The molecule has 1 aromatic carbocycles. The average molecular weight is 454 g/mol. The molecule has 1 amide bonds. The van der Waals surface area contributed by atoms with Crippen LogP contribution in [0.15, 0.2) is 40.8 Å². The van der Waals surface area contributed by atoms with Crippen molar-refractivity contribution in [3.05, 3.63) is 59.2 Å². The molecule has 1 atom stereocenters. The molecule has 10 nitrogen and oxygen atoms in total. The van der Waals surface area contributed by atoms with Gasteiger partial charge in [-0.1, -0.05) is 6.07 Å². The van der Waals surface area contributed by atoms with Crippen LogP contribution in [0.3, 0.4) is 0 Å². The Labute approximate surface area is 190 Å². The Morgan fingerprint density at radius 2 is 1.85 bits per heavy atom. The third-order valence-corrected chi connectivity index (χ3v) is 4.53. The van der Waals surface area contributed by atoms with Crippen molar-refractivity contribution in [1.29, 1.82) is 0 Å². The van der Waals surface area contributed by atoms with Gasteiger partial charge in [-0.25, -0.2) is 14.8 Å². The molecule has 0 aliphatic carbocycles. The summed E-state index contributed by atoms with van der Waals surface area (Å²) in [5.41, 5.74) is 6.93. The van der Waals surface area contributed by atoms with Crippen LogP contribution in [0.2, 0.25) is 0 Å². The summed E-state index contributed by atoms with van der Waals surface area (Å²) in [4.78, 5) is 32.3. The van der Waals surface area contributed by atoms with Gasteiger partial charge in [0.05, 0.1) is 31.5 Å². The molecule has 0 aliphatic heterocycles. The second-order valence-electron chi connectivity index (χ2n) is 7.05. The maximum atomic E-state index is 12.8. The largest absolute Gasteiger partial charge is 0.490 e. The van der Waals surface area contributed by atoms with E-state index in [0.29, 0.717) is 36.0 Å². The lowest BCUT2D eigenvalue weighted by Gasteiger charge is -2.11. The quantitative estimate of drug-likeness (QED) is 0.420.